The molecule has 0 N–H and O–H groups in total. The molecule has 6 heteroatoms. The SMILES string of the molecule is N#Cc1cc[c]([Bi]([Cl])([Cl])([c]2ccc(C#N)cc2)[c]2ccc(C#N)cc2)cc1. The van der Waals surface area contributed by atoms with Gasteiger partial charge in [-0.2, -0.15) is 0 Å². The van der Waals surface area contributed by atoms with E-state index >= 15 is 0 Å². The van der Waals surface area contributed by atoms with E-state index in [0.29, 0.717) is 16.7 Å². The van der Waals surface area contributed by atoms with Gasteiger partial charge in [0.1, 0.15) is 0 Å². The second kappa shape index (κ2) is 7.31. The second-order valence-electron chi connectivity index (χ2n) is 5.88. The predicted molar refractivity (Wildman–Crippen MR) is 110 cm³/mol. The monoisotopic (exact) mass is 585 g/mol. The molecule has 0 saturated heterocycles. The summed E-state index contributed by atoms with van der Waals surface area (Å²) in [7, 11) is 14.8. The van der Waals surface area contributed by atoms with Gasteiger partial charge in [-0.3, -0.25) is 0 Å². The molecule has 0 spiro atoms. The van der Waals surface area contributed by atoms with Crippen molar-refractivity contribution in [2.24, 2.45) is 0 Å². The molecular weight excluding hydrogens is 574 g/mol. The van der Waals surface area contributed by atoms with Gasteiger partial charge in [-0.1, -0.05) is 0 Å². The van der Waals surface area contributed by atoms with Gasteiger partial charge in [-0.05, 0) is 0 Å². The van der Waals surface area contributed by atoms with E-state index in [1.54, 1.807) is 72.8 Å². The third-order valence-corrected chi connectivity index (χ3v) is 28.7. The van der Waals surface area contributed by atoms with E-state index in [1.165, 1.54) is 0 Å². The van der Waals surface area contributed by atoms with Gasteiger partial charge in [0.15, 0.2) is 0 Å². The molecule has 3 rings (SSSR count). The summed E-state index contributed by atoms with van der Waals surface area (Å²) >= 11 is -5.06. The van der Waals surface area contributed by atoms with Crippen molar-refractivity contribution in [3.05, 3.63) is 89.5 Å². The number of rotatable bonds is 3. The molecule has 0 bridgehead atoms. The second-order valence-corrected chi connectivity index (χ2v) is 32.3. The van der Waals surface area contributed by atoms with Gasteiger partial charge in [0.25, 0.3) is 0 Å². The minimum absolute atomic E-state index is 0.518. The molecule has 0 radical (unpaired) electrons. The fourth-order valence-electron chi connectivity index (χ4n) is 2.84. The van der Waals surface area contributed by atoms with Crippen LogP contribution in [-0.2, 0) is 0 Å². The molecule has 27 heavy (non-hydrogen) atoms. The number of benzene rings is 3. The summed E-state index contributed by atoms with van der Waals surface area (Å²) < 4.78 is 2.29. The molecule has 0 aliphatic heterocycles. The maximum absolute atomic E-state index is 9.09. The van der Waals surface area contributed by atoms with Crippen molar-refractivity contribution in [3.63, 3.8) is 0 Å². The van der Waals surface area contributed by atoms with Crippen molar-refractivity contribution < 1.29 is 0 Å². The molecule has 0 amide bonds. The van der Waals surface area contributed by atoms with Gasteiger partial charge < -0.3 is 0 Å². The average molecular weight is 586 g/mol. The third-order valence-electron chi connectivity index (χ3n) is 4.35. The number of hydrogen-bond donors (Lipinski definition) is 0. The van der Waals surface area contributed by atoms with Crippen LogP contribution < -0.4 is 9.81 Å². The molecular formula is C21H12BiCl2N3. The van der Waals surface area contributed by atoms with E-state index in [0.717, 1.165) is 9.81 Å². The zero-order valence-corrected chi connectivity index (χ0v) is 19.0. The number of halogens is 2. The van der Waals surface area contributed by atoms with E-state index in [2.05, 4.69) is 18.2 Å². The molecule has 3 aromatic rings. The summed E-state index contributed by atoms with van der Waals surface area (Å²) in [6, 6.07) is 27.2. The summed E-state index contributed by atoms with van der Waals surface area (Å²) in [6.07, 6.45) is 0. The van der Waals surface area contributed by atoms with Crippen molar-refractivity contribution in [2.45, 2.75) is 0 Å². The molecule has 0 aromatic heterocycles. The zero-order valence-electron chi connectivity index (χ0n) is 14.0. The average Bonchev–Trinajstić information content (AvgIpc) is 2.74. The van der Waals surface area contributed by atoms with E-state index in [4.69, 9.17) is 32.8 Å². The van der Waals surface area contributed by atoms with Crippen LogP contribution in [0.4, 0.5) is 0 Å². The van der Waals surface area contributed by atoms with Crippen molar-refractivity contribution in [1.82, 2.24) is 0 Å². The molecule has 0 aliphatic carbocycles. The van der Waals surface area contributed by atoms with Crippen LogP contribution in [0.15, 0.2) is 72.8 Å². The van der Waals surface area contributed by atoms with Gasteiger partial charge in [-0.15, -0.1) is 0 Å². The van der Waals surface area contributed by atoms with Crippen LogP contribution in [0.25, 0.3) is 0 Å². The van der Waals surface area contributed by atoms with E-state index < -0.39 is 16.4 Å². The van der Waals surface area contributed by atoms with Gasteiger partial charge in [-0.25, -0.2) is 0 Å². The fraction of sp³-hybridized carbons (Fsp3) is 0. The van der Waals surface area contributed by atoms with Crippen molar-refractivity contribution >= 4 is 43.2 Å². The van der Waals surface area contributed by atoms with E-state index in [-0.39, 0.29) is 0 Å². The Bertz CT molecular complexity index is 969. The summed E-state index contributed by atoms with van der Waals surface area (Å²) in [5, 5.41) is 27.3. The Morgan fingerprint density at radius 2 is 0.704 bits per heavy atom. The van der Waals surface area contributed by atoms with Gasteiger partial charge in [0.2, 0.25) is 0 Å². The van der Waals surface area contributed by atoms with Crippen molar-refractivity contribution in [3.8, 4) is 18.2 Å². The Morgan fingerprint density at radius 1 is 0.481 bits per heavy atom. The number of nitriles is 3. The first kappa shape index (κ1) is 19.4. The van der Waals surface area contributed by atoms with Crippen LogP contribution in [-0.4, -0.2) is 16.4 Å². The molecule has 130 valence electrons. The Hall–Kier alpha value is -2.41. The maximum atomic E-state index is 9.09. The van der Waals surface area contributed by atoms with Crippen molar-refractivity contribution in [2.75, 3.05) is 0 Å². The summed E-state index contributed by atoms with van der Waals surface area (Å²) in [5.41, 5.74) is 1.55. The first-order valence-electron chi connectivity index (χ1n) is 7.89. The van der Waals surface area contributed by atoms with Crippen LogP contribution in [0.5, 0.6) is 0 Å². The first-order valence-corrected chi connectivity index (χ1v) is 21.7. The number of nitrogens with zero attached hydrogens (tertiary/aromatic N) is 3. The molecule has 0 unspecified atom stereocenters. The standard InChI is InChI=1S/3C7H4N.Bi.2ClH/c3*8-6-7-4-2-1-3-5-7;;;/h3*2-5H;;2*1H/q;;;+2;;/p-2. The third kappa shape index (κ3) is 3.32. The summed E-state index contributed by atoms with van der Waals surface area (Å²) in [6.45, 7) is 0. The summed E-state index contributed by atoms with van der Waals surface area (Å²) in [4.78, 5) is 0. The predicted octanol–water partition coefficient (Wildman–Crippen LogP) is 3.20. The van der Waals surface area contributed by atoms with E-state index in [1.807, 2.05) is 0 Å². The Morgan fingerprint density at radius 3 is 0.889 bits per heavy atom. The molecule has 0 heterocycles. The van der Waals surface area contributed by atoms with Crippen LogP contribution in [0, 0.1) is 34.0 Å². The Labute approximate surface area is 165 Å². The van der Waals surface area contributed by atoms with Crippen LogP contribution in [0.3, 0.4) is 0 Å². The quantitative estimate of drug-likeness (QED) is 0.443. The topological polar surface area (TPSA) is 71.4 Å². The Kier molecular flexibility index (Phi) is 5.24. The normalized spacial score (nSPS) is 12.0. The molecule has 3 nitrogen and oxygen atoms in total. The van der Waals surface area contributed by atoms with Gasteiger partial charge in [0, 0.05) is 0 Å². The molecule has 3 aromatic carbocycles. The molecule has 0 aliphatic rings. The zero-order chi connectivity index (χ0) is 19.5. The molecule has 0 fully saturated rings. The summed E-state index contributed by atoms with van der Waals surface area (Å²) in [5.74, 6) is 0. The minimum atomic E-state index is -5.06. The number of hydrogen-bond acceptors (Lipinski definition) is 3. The van der Waals surface area contributed by atoms with Crippen LogP contribution >= 0.6 is 17.0 Å². The van der Waals surface area contributed by atoms with Gasteiger partial charge >= 0.3 is 167 Å². The van der Waals surface area contributed by atoms with Gasteiger partial charge in [0.05, 0.1) is 0 Å². The van der Waals surface area contributed by atoms with Crippen LogP contribution in [0.2, 0.25) is 0 Å². The Balaban J connectivity index is 2.31. The fourth-order valence-corrected chi connectivity index (χ4v) is 20.1. The van der Waals surface area contributed by atoms with E-state index in [9.17, 15) is 0 Å². The van der Waals surface area contributed by atoms with Crippen LogP contribution in [0.1, 0.15) is 16.7 Å². The first-order chi connectivity index (χ1) is 12.9. The molecule has 0 atom stereocenters. The molecule has 0 saturated carbocycles. The van der Waals surface area contributed by atoms with Crippen molar-refractivity contribution in [1.29, 1.82) is 15.8 Å².